The highest BCUT2D eigenvalue weighted by Crippen LogP contribution is 2.27. The second kappa shape index (κ2) is 6.27. The molecule has 7 nitrogen and oxygen atoms in total. The van der Waals surface area contributed by atoms with Gasteiger partial charge in [-0.1, -0.05) is 18.2 Å². The molecule has 0 spiro atoms. The number of benzene rings is 1. The third kappa shape index (κ3) is 2.91. The molecule has 0 N–H and O–H groups in total. The first-order chi connectivity index (χ1) is 11.9. The summed E-state index contributed by atoms with van der Waals surface area (Å²) in [6.45, 7) is 0. The van der Waals surface area contributed by atoms with Crippen molar-refractivity contribution in [2.24, 2.45) is 0 Å². The zero-order valence-corrected chi connectivity index (χ0v) is 14.1. The van der Waals surface area contributed by atoms with E-state index in [-0.39, 0.29) is 5.57 Å². The number of furan rings is 1. The van der Waals surface area contributed by atoms with Crippen LogP contribution in [0.15, 0.2) is 52.5 Å². The van der Waals surface area contributed by atoms with E-state index in [4.69, 9.17) is 4.42 Å². The summed E-state index contributed by atoms with van der Waals surface area (Å²) >= 11 is 0. The number of para-hydroxylation sites is 1. The molecule has 1 aromatic carbocycles. The second-order valence-corrected chi connectivity index (χ2v) is 5.64. The predicted molar refractivity (Wildman–Crippen MR) is 92.1 cm³/mol. The first kappa shape index (κ1) is 16.5. The monoisotopic (exact) mass is 339 g/mol. The van der Waals surface area contributed by atoms with Crippen LogP contribution < -0.4 is 4.90 Å². The van der Waals surface area contributed by atoms with Crippen molar-refractivity contribution in [1.82, 2.24) is 9.80 Å². The van der Waals surface area contributed by atoms with E-state index in [1.807, 2.05) is 42.3 Å². The lowest BCUT2D eigenvalue weighted by atomic mass is 10.1. The Morgan fingerprint density at radius 1 is 0.920 bits per heavy atom. The van der Waals surface area contributed by atoms with Gasteiger partial charge in [-0.2, -0.15) is 0 Å². The molecule has 4 amide bonds. The summed E-state index contributed by atoms with van der Waals surface area (Å²) in [5.74, 6) is -0.387. The van der Waals surface area contributed by atoms with Gasteiger partial charge in [-0.15, -0.1) is 0 Å². The molecule has 25 heavy (non-hydrogen) atoms. The molecule has 0 atom stereocenters. The largest absolute Gasteiger partial charge is 0.441 e. The first-order valence-electron chi connectivity index (χ1n) is 7.60. The Kier molecular flexibility index (Phi) is 4.14. The molecule has 1 aliphatic rings. The molecule has 1 aliphatic heterocycles. The normalized spacial score (nSPS) is 15.0. The van der Waals surface area contributed by atoms with Crippen molar-refractivity contribution in [3.63, 3.8) is 0 Å². The molecule has 1 saturated heterocycles. The number of urea groups is 1. The van der Waals surface area contributed by atoms with Crippen LogP contribution >= 0.6 is 0 Å². The maximum atomic E-state index is 12.2. The van der Waals surface area contributed by atoms with Gasteiger partial charge in [0, 0.05) is 32.9 Å². The van der Waals surface area contributed by atoms with Crippen molar-refractivity contribution < 1.29 is 18.8 Å². The van der Waals surface area contributed by atoms with E-state index in [2.05, 4.69) is 0 Å². The molecule has 0 saturated carbocycles. The zero-order chi connectivity index (χ0) is 18.1. The molecule has 1 fully saturated rings. The number of barbiturate groups is 1. The first-order valence-corrected chi connectivity index (χ1v) is 7.60. The molecule has 2 heterocycles. The minimum Gasteiger partial charge on any atom is -0.441 e. The summed E-state index contributed by atoms with van der Waals surface area (Å²) in [5.41, 5.74) is 0.818. The van der Waals surface area contributed by atoms with Crippen molar-refractivity contribution in [1.29, 1.82) is 0 Å². The van der Waals surface area contributed by atoms with Gasteiger partial charge < -0.3 is 9.32 Å². The fraction of sp³-hybridized carbons (Fsp3) is 0.167. The average molecular weight is 339 g/mol. The highest BCUT2D eigenvalue weighted by Gasteiger charge is 2.38. The number of carbonyl (C=O) groups is 3. The molecular weight excluding hydrogens is 322 g/mol. The number of likely N-dealkylation sites (N-methyl/N-ethyl adjacent to an activating group) is 2. The van der Waals surface area contributed by atoms with Crippen LogP contribution in [0.2, 0.25) is 0 Å². The third-order valence-electron chi connectivity index (χ3n) is 4.02. The van der Waals surface area contributed by atoms with Crippen molar-refractivity contribution >= 4 is 35.5 Å². The lowest BCUT2D eigenvalue weighted by molar-refractivity contribution is -0.134. The lowest BCUT2D eigenvalue weighted by Gasteiger charge is -2.28. The highest BCUT2D eigenvalue weighted by molar-refractivity contribution is 6.30. The van der Waals surface area contributed by atoms with E-state index in [1.165, 1.54) is 20.2 Å². The molecular formula is C18H17N3O4. The summed E-state index contributed by atoms with van der Waals surface area (Å²) in [5, 5.41) is 0. The van der Waals surface area contributed by atoms with Gasteiger partial charge in [0.05, 0.1) is 0 Å². The number of rotatable bonds is 3. The van der Waals surface area contributed by atoms with Crippen LogP contribution in [-0.4, -0.2) is 48.8 Å². The summed E-state index contributed by atoms with van der Waals surface area (Å²) in [7, 11) is 4.51. The fourth-order valence-corrected chi connectivity index (χ4v) is 2.50. The number of anilines is 2. The molecule has 2 aromatic rings. The summed E-state index contributed by atoms with van der Waals surface area (Å²) in [4.78, 5) is 39.8. The van der Waals surface area contributed by atoms with E-state index >= 15 is 0 Å². The van der Waals surface area contributed by atoms with Gasteiger partial charge in [-0.25, -0.2) is 4.79 Å². The smallest absolute Gasteiger partial charge is 0.333 e. The maximum absolute atomic E-state index is 12.2. The Morgan fingerprint density at radius 2 is 1.52 bits per heavy atom. The molecule has 0 radical (unpaired) electrons. The van der Waals surface area contributed by atoms with Gasteiger partial charge in [-0.05, 0) is 24.3 Å². The Bertz CT molecular complexity index is 843. The van der Waals surface area contributed by atoms with Crippen molar-refractivity contribution in [3.05, 3.63) is 53.8 Å². The van der Waals surface area contributed by atoms with Crippen LogP contribution in [0.5, 0.6) is 0 Å². The lowest BCUT2D eigenvalue weighted by Crippen LogP contribution is -2.52. The zero-order valence-electron chi connectivity index (χ0n) is 14.1. The van der Waals surface area contributed by atoms with Crippen molar-refractivity contribution in [3.8, 4) is 0 Å². The van der Waals surface area contributed by atoms with Gasteiger partial charge in [-0.3, -0.25) is 19.4 Å². The maximum Gasteiger partial charge on any atom is 0.333 e. The van der Waals surface area contributed by atoms with E-state index in [0.717, 1.165) is 15.5 Å². The number of hydrogen-bond donors (Lipinski definition) is 0. The molecule has 0 unspecified atom stereocenters. The van der Waals surface area contributed by atoms with Crippen LogP contribution in [0, 0.1) is 0 Å². The number of amides is 4. The summed E-state index contributed by atoms with van der Waals surface area (Å²) in [6, 6.07) is 12.4. The highest BCUT2D eigenvalue weighted by atomic mass is 16.4. The van der Waals surface area contributed by atoms with E-state index in [9.17, 15) is 14.4 Å². The van der Waals surface area contributed by atoms with Crippen LogP contribution in [0.25, 0.3) is 6.08 Å². The molecule has 0 aliphatic carbocycles. The third-order valence-corrected chi connectivity index (χ3v) is 4.02. The quantitative estimate of drug-likeness (QED) is 0.634. The van der Waals surface area contributed by atoms with Gasteiger partial charge in [0.2, 0.25) is 0 Å². The van der Waals surface area contributed by atoms with Crippen LogP contribution in [0.3, 0.4) is 0 Å². The summed E-state index contributed by atoms with van der Waals surface area (Å²) < 4.78 is 5.72. The van der Waals surface area contributed by atoms with E-state index in [0.29, 0.717) is 11.6 Å². The molecule has 7 heteroatoms. The van der Waals surface area contributed by atoms with Crippen molar-refractivity contribution in [2.75, 3.05) is 26.0 Å². The van der Waals surface area contributed by atoms with Crippen molar-refractivity contribution in [2.45, 2.75) is 0 Å². The van der Waals surface area contributed by atoms with Gasteiger partial charge in [0.1, 0.15) is 11.3 Å². The predicted octanol–water partition coefficient (Wildman–Crippen LogP) is 2.48. The van der Waals surface area contributed by atoms with Crippen LogP contribution in [-0.2, 0) is 9.59 Å². The Morgan fingerprint density at radius 3 is 2.12 bits per heavy atom. The number of imide groups is 2. The topological polar surface area (TPSA) is 74.1 Å². The van der Waals surface area contributed by atoms with Crippen LogP contribution in [0.1, 0.15) is 5.76 Å². The summed E-state index contributed by atoms with van der Waals surface area (Å²) in [6.07, 6.45) is 1.35. The number of nitrogens with zero attached hydrogens (tertiary/aromatic N) is 3. The minimum absolute atomic E-state index is 0.118. The molecule has 128 valence electrons. The van der Waals surface area contributed by atoms with Gasteiger partial charge >= 0.3 is 6.03 Å². The van der Waals surface area contributed by atoms with Crippen LogP contribution in [0.4, 0.5) is 16.4 Å². The van der Waals surface area contributed by atoms with E-state index in [1.54, 1.807) is 12.1 Å². The molecule has 1 aromatic heterocycles. The standard InChI is InChI=1S/C18H17N3O4/c1-19(12-7-5-4-6-8-12)15-10-9-13(25-15)11-14-16(22)20(2)18(24)21(3)17(14)23/h4-11H,1-3H3. The minimum atomic E-state index is -0.656. The Balaban J connectivity index is 1.90. The molecule has 3 rings (SSSR count). The Labute approximate surface area is 144 Å². The van der Waals surface area contributed by atoms with E-state index < -0.39 is 17.8 Å². The SMILES string of the molecule is CN1C(=O)C(=Cc2ccc(N(C)c3ccccc3)o2)C(=O)N(C)C1=O. The second-order valence-electron chi connectivity index (χ2n) is 5.64. The molecule has 0 bridgehead atoms. The number of carbonyl (C=O) groups excluding carboxylic acids is 3. The number of hydrogen-bond acceptors (Lipinski definition) is 5. The average Bonchev–Trinajstić information content (AvgIpc) is 3.10. The Hall–Kier alpha value is -3.35. The van der Waals surface area contributed by atoms with Gasteiger partial charge in [0.25, 0.3) is 11.8 Å². The fourth-order valence-electron chi connectivity index (χ4n) is 2.50. The van der Waals surface area contributed by atoms with Gasteiger partial charge in [0.15, 0.2) is 5.88 Å².